The van der Waals surface area contributed by atoms with Crippen molar-refractivity contribution in [2.75, 3.05) is 0 Å². The third kappa shape index (κ3) is 2.18. The first-order valence-corrected chi connectivity index (χ1v) is 8.00. The largest absolute Gasteiger partial charge is 0.307 e. The maximum Gasteiger partial charge on any atom is 0.0649 e. The average Bonchev–Trinajstić information content (AvgIpc) is 2.98. The van der Waals surface area contributed by atoms with Crippen LogP contribution in [-0.4, -0.2) is 11.3 Å². The molecule has 1 aromatic rings. The van der Waals surface area contributed by atoms with Crippen molar-refractivity contribution in [3.63, 3.8) is 0 Å². The van der Waals surface area contributed by atoms with Crippen LogP contribution in [0.25, 0.3) is 0 Å². The molecule has 1 N–H and O–H groups in total. The van der Waals surface area contributed by atoms with Gasteiger partial charge in [0.2, 0.25) is 0 Å². The number of nitrogens with one attached hydrogen (secondary N) is 1. The predicted octanol–water partition coefficient (Wildman–Crippen LogP) is 4.06. The van der Waals surface area contributed by atoms with Crippen LogP contribution in [0.3, 0.4) is 0 Å². The van der Waals surface area contributed by atoms with Crippen LogP contribution in [0.4, 0.5) is 0 Å². The summed E-state index contributed by atoms with van der Waals surface area (Å²) in [4.78, 5) is 0. The molecule has 2 unspecified atom stereocenters. The van der Waals surface area contributed by atoms with Crippen molar-refractivity contribution in [1.29, 1.82) is 0 Å². The summed E-state index contributed by atoms with van der Waals surface area (Å²) in [5.41, 5.74) is 1.56. The first-order valence-electron chi connectivity index (χ1n) is 6.24. The van der Waals surface area contributed by atoms with Crippen LogP contribution in [0.2, 0.25) is 0 Å². The van der Waals surface area contributed by atoms with E-state index >= 15 is 0 Å². The van der Waals surface area contributed by atoms with Crippen molar-refractivity contribution >= 4 is 23.1 Å². The van der Waals surface area contributed by atoms with E-state index in [-0.39, 0.29) is 0 Å². The average molecular weight is 253 g/mol. The SMILES string of the molecule is CC(NC1C[C@H](C)Sc2sccc21)C1CC1. The standard InChI is InChI=1S/C13H19NS2/c1-8-7-12(14-9(2)10-3-4-10)11-5-6-15-13(11)16-8/h5-6,8-10,12,14H,3-4,7H2,1-2H3/t8-,9?,12?/m0/s1. The molecule has 3 heteroatoms. The van der Waals surface area contributed by atoms with Crippen molar-refractivity contribution in [1.82, 2.24) is 5.32 Å². The number of thioether (sulfide) groups is 1. The quantitative estimate of drug-likeness (QED) is 0.872. The van der Waals surface area contributed by atoms with Crippen molar-refractivity contribution in [3.8, 4) is 0 Å². The van der Waals surface area contributed by atoms with E-state index in [0.717, 1.165) is 11.2 Å². The minimum absolute atomic E-state index is 0.605. The Morgan fingerprint density at radius 1 is 1.44 bits per heavy atom. The summed E-state index contributed by atoms with van der Waals surface area (Å²) in [6.07, 6.45) is 4.15. The van der Waals surface area contributed by atoms with Gasteiger partial charge < -0.3 is 5.32 Å². The minimum atomic E-state index is 0.605. The molecule has 1 saturated carbocycles. The smallest absolute Gasteiger partial charge is 0.0649 e. The summed E-state index contributed by atoms with van der Waals surface area (Å²) in [5.74, 6) is 0.951. The molecule has 2 heterocycles. The summed E-state index contributed by atoms with van der Waals surface area (Å²) >= 11 is 3.96. The van der Waals surface area contributed by atoms with Gasteiger partial charge >= 0.3 is 0 Å². The molecule has 1 nitrogen and oxygen atoms in total. The molecule has 1 fully saturated rings. The summed E-state index contributed by atoms with van der Waals surface area (Å²) in [6, 6.07) is 3.62. The fraction of sp³-hybridized carbons (Fsp3) is 0.692. The van der Waals surface area contributed by atoms with Gasteiger partial charge in [-0.2, -0.15) is 0 Å². The summed E-state index contributed by atoms with van der Waals surface area (Å²) in [7, 11) is 0. The first-order chi connectivity index (χ1) is 7.74. The lowest BCUT2D eigenvalue weighted by Crippen LogP contribution is -2.34. The van der Waals surface area contributed by atoms with Crippen LogP contribution >= 0.6 is 23.1 Å². The van der Waals surface area contributed by atoms with E-state index in [0.29, 0.717) is 12.1 Å². The number of thiophene rings is 1. The van der Waals surface area contributed by atoms with Gasteiger partial charge in [0.1, 0.15) is 0 Å². The van der Waals surface area contributed by atoms with Gasteiger partial charge in [0.15, 0.2) is 0 Å². The molecule has 16 heavy (non-hydrogen) atoms. The van der Waals surface area contributed by atoms with Crippen molar-refractivity contribution in [3.05, 3.63) is 17.0 Å². The normalized spacial score (nSPS) is 31.1. The number of hydrogen-bond donors (Lipinski definition) is 1. The molecule has 0 amide bonds. The highest BCUT2D eigenvalue weighted by molar-refractivity contribution is 8.01. The number of fused-ring (bicyclic) bond motifs is 1. The lowest BCUT2D eigenvalue weighted by Gasteiger charge is -2.30. The Morgan fingerprint density at radius 3 is 3.00 bits per heavy atom. The molecule has 0 bridgehead atoms. The highest BCUT2D eigenvalue weighted by Gasteiger charge is 2.32. The molecule has 3 atom stereocenters. The third-order valence-corrected chi connectivity index (χ3v) is 6.05. The molecule has 3 rings (SSSR count). The van der Waals surface area contributed by atoms with Gasteiger partial charge in [-0.15, -0.1) is 23.1 Å². The van der Waals surface area contributed by atoms with Crippen LogP contribution in [0.15, 0.2) is 15.7 Å². The Morgan fingerprint density at radius 2 is 2.25 bits per heavy atom. The zero-order chi connectivity index (χ0) is 11.1. The van der Waals surface area contributed by atoms with Gasteiger partial charge in [-0.25, -0.2) is 0 Å². The van der Waals surface area contributed by atoms with E-state index < -0.39 is 0 Å². The van der Waals surface area contributed by atoms with Gasteiger partial charge in [-0.3, -0.25) is 0 Å². The third-order valence-electron chi connectivity index (χ3n) is 3.70. The highest BCUT2D eigenvalue weighted by Crippen LogP contribution is 2.44. The zero-order valence-corrected chi connectivity index (χ0v) is 11.5. The van der Waals surface area contributed by atoms with Crippen LogP contribution < -0.4 is 5.32 Å². The lowest BCUT2D eigenvalue weighted by atomic mass is 10.0. The van der Waals surface area contributed by atoms with Crippen molar-refractivity contribution < 1.29 is 0 Å². The van der Waals surface area contributed by atoms with E-state index in [1.807, 2.05) is 11.3 Å². The molecular weight excluding hydrogens is 234 g/mol. The minimum Gasteiger partial charge on any atom is -0.307 e. The number of hydrogen-bond acceptors (Lipinski definition) is 3. The maximum atomic E-state index is 3.85. The molecule has 0 aromatic carbocycles. The maximum absolute atomic E-state index is 3.85. The Bertz CT molecular complexity index is 370. The summed E-state index contributed by atoms with van der Waals surface area (Å²) < 4.78 is 1.54. The van der Waals surface area contributed by atoms with Gasteiger partial charge in [-0.05, 0) is 49.1 Å². The zero-order valence-electron chi connectivity index (χ0n) is 9.90. The summed E-state index contributed by atoms with van der Waals surface area (Å²) in [6.45, 7) is 4.71. The molecule has 1 aliphatic heterocycles. The van der Waals surface area contributed by atoms with Crippen LogP contribution in [0.1, 0.15) is 44.7 Å². The molecule has 1 aliphatic carbocycles. The molecule has 1 aromatic heterocycles. The van der Waals surface area contributed by atoms with E-state index in [1.54, 1.807) is 9.77 Å². The topological polar surface area (TPSA) is 12.0 Å². The molecule has 0 radical (unpaired) electrons. The van der Waals surface area contributed by atoms with Crippen LogP contribution in [0, 0.1) is 5.92 Å². The molecule has 0 spiro atoms. The number of rotatable bonds is 3. The molecule has 2 aliphatic rings. The van der Waals surface area contributed by atoms with E-state index in [4.69, 9.17) is 0 Å². The Labute approximate surface area is 106 Å². The lowest BCUT2D eigenvalue weighted by molar-refractivity contribution is 0.399. The van der Waals surface area contributed by atoms with Gasteiger partial charge in [0, 0.05) is 17.3 Å². The van der Waals surface area contributed by atoms with Crippen LogP contribution in [-0.2, 0) is 0 Å². The van der Waals surface area contributed by atoms with E-state index in [2.05, 4.69) is 42.4 Å². The van der Waals surface area contributed by atoms with Gasteiger partial charge in [-0.1, -0.05) is 6.92 Å². The fourth-order valence-corrected chi connectivity index (χ4v) is 5.12. The van der Waals surface area contributed by atoms with E-state index in [9.17, 15) is 0 Å². The first kappa shape index (κ1) is 11.1. The second-order valence-corrected chi connectivity index (χ2v) is 7.80. The van der Waals surface area contributed by atoms with Crippen molar-refractivity contribution in [2.45, 2.75) is 54.7 Å². The van der Waals surface area contributed by atoms with Crippen LogP contribution in [0.5, 0.6) is 0 Å². The second-order valence-electron chi connectivity index (χ2n) is 5.17. The second kappa shape index (κ2) is 4.35. The monoisotopic (exact) mass is 253 g/mol. The van der Waals surface area contributed by atoms with E-state index in [1.165, 1.54) is 19.3 Å². The molecule has 88 valence electrons. The summed E-state index contributed by atoms with van der Waals surface area (Å²) in [5, 5.41) is 6.85. The fourth-order valence-electron chi connectivity index (χ4n) is 2.56. The Hall–Kier alpha value is 0.0100. The Balaban J connectivity index is 1.75. The Kier molecular flexibility index (Phi) is 3.03. The van der Waals surface area contributed by atoms with Gasteiger partial charge in [0.05, 0.1) is 4.21 Å². The van der Waals surface area contributed by atoms with Crippen molar-refractivity contribution in [2.24, 2.45) is 5.92 Å². The highest BCUT2D eigenvalue weighted by atomic mass is 32.2. The molecular formula is C13H19NS2. The predicted molar refractivity (Wildman–Crippen MR) is 72.3 cm³/mol. The molecule has 0 saturated heterocycles. The van der Waals surface area contributed by atoms with Gasteiger partial charge in [0.25, 0.3) is 0 Å².